The van der Waals surface area contributed by atoms with Crippen LogP contribution in [0.4, 0.5) is 17.6 Å². The van der Waals surface area contributed by atoms with Crippen molar-refractivity contribution < 1.29 is 30.8 Å². The molecular weight excluding hydrogens is 418 g/mol. The van der Waals surface area contributed by atoms with Crippen LogP contribution in [0, 0.1) is 5.82 Å². The highest BCUT2D eigenvalue weighted by Crippen LogP contribution is 2.37. The number of thiophene rings is 1. The van der Waals surface area contributed by atoms with Crippen LogP contribution in [0.25, 0.3) is 21.6 Å². The number of halogens is 4. The van der Waals surface area contributed by atoms with E-state index in [9.17, 15) is 30.8 Å². The zero-order chi connectivity index (χ0) is 20.5. The van der Waals surface area contributed by atoms with Gasteiger partial charge in [0.2, 0.25) is 0 Å². The second kappa shape index (κ2) is 7.36. The molecule has 0 saturated carbocycles. The number of carbonyl (C=O) groups is 1. The van der Waals surface area contributed by atoms with Gasteiger partial charge in [-0.3, -0.25) is 4.79 Å². The average Bonchev–Trinajstić information content (AvgIpc) is 3.11. The minimum atomic E-state index is -5.31. The predicted molar refractivity (Wildman–Crippen MR) is 96.5 cm³/mol. The molecule has 1 aromatic heterocycles. The summed E-state index contributed by atoms with van der Waals surface area (Å²) >= 11 is 1.40. The summed E-state index contributed by atoms with van der Waals surface area (Å²) in [6.07, 6.45) is -5.31. The lowest BCUT2D eigenvalue weighted by Gasteiger charge is -2.10. The van der Waals surface area contributed by atoms with E-state index in [1.165, 1.54) is 35.6 Å². The maximum atomic E-state index is 13.1. The molecule has 2 aromatic carbocycles. The fourth-order valence-electron chi connectivity index (χ4n) is 2.41. The van der Waals surface area contributed by atoms with E-state index < -0.39 is 27.0 Å². The summed E-state index contributed by atoms with van der Waals surface area (Å²) in [6, 6.07) is 12.7. The molecule has 10 heteroatoms. The Kier molecular flexibility index (Phi) is 5.26. The number of carbonyl (C=O) groups excluding carboxylic acids is 1. The molecule has 0 aliphatic rings. The predicted octanol–water partition coefficient (Wildman–Crippen LogP) is 4.59. The van der Waals surface area contributed by atoms with Crippen molar-refractivity contribution in [2.75, 3.05) is 0 Å². The van der Waals surface area contributed by atoms with Gasteiger partial charge in [-0.1, -0.05) is 24.3 Å². The van der Waals surface area contributed by atoms with E-state index in [4.69, 9.17) is 0 Å². The van der Waals surface area contributed by atoms with Gasteiger partial charge in [-0.2, -0.15) is 13.2 Å². The molecule has 1 N–H and O–H groups in total. The van der Waals surface area contributed by atoms with Crippen molar-refractivity contribution in [2.45, 2.75) is 11.1 Å². The van der Waals surface area contributed by atoms with Crippen LogP contribution in [0.15, 0.2) is 64.9 Å². The normalized spacial score (nSPS) is 12.0. The van der Waals surface area contributed by atoms with Crippen LogP contribution in [0.2, 0.25) is 0 Å². The highest BCUT2D eigenvalue weighted by Gasteiger charge is 2.41. The van der Waals surface area contributed by atoms with Gasteiger partial charge in [0.25, 0.3) is 10.0 Å². The number of benzene rings is 2. The number of hydrogen-bond donors (Lipinski definition) is 1. The molecule has 0 aliphatic carbocycles. The Labute approximate surface area is 161 Å². The number of nitrogens with one attached hydrogen (secondary N) is 1. The number of alkyl halides is 3. The van der Waals surface area contributed by atoms with Crippen LogP contribution in [0.1, 0.15) is 0 Å². The second-order valence-corrected chi connectivity index (χ2v) is 8.23. The van der Waals surface area contributed by atoms with E-state index in [2.05, 4.69) is 0 Å². The average molecular weight is 429 g/mol. The monoisotopic (exact) mass is 429 g/mol. The molecule has 0 aliphatic heterocycles. The van der Waals surface area contributed by atoms with Crippen molar-refractivity contribution >= 4 is 27.3 Å². The van der Waals surface area contributed by atoms with Crippen LogP contribution in [-0.2, 0) is 14.8 Å². The minimum absolute atomic E-state index is 0.377. The number of sulfonamides is 1. The summed E-state index contributed by atoms with van der Waals surface area (Å²) in [6.45, 7) is 0. The highest BCUT2D eigenvalue weighted by molar-refractivity contribution is 7.90. The summed E-state index contributed by atoms with van der Waals surface area (Å²) in [7, 11) is -4.65. The van der Waals surface area contributed by atoms with E-state index in [1.807, 2.05) is 5.38 Å². The quantitative estimate of drug-likeness (QED) is 0.617. The van der Waals surface area contributed by atoms with E-state index in [0.717, 1.165) is 32.9 Å². The maximum Gasteiger partial charge on any atom is 0.472 e. The van der Waals surface area contributed by atoms with Crippen molar-refractivity contribution in [1.29, 1.82) is 0 Å². The Morgan fingerprint density at radius 3 is 2.04 bits per heavy atom. The Morgan fingerprint density at radius 2 is 1.46 bits per heavy atom. The van der Waals surface area contributed by atoms with Crippen molar-refractivity contribution in [3.63, 3.8) is 0 Å². The fourth-order valence-corrected chi connectivity index (χ4v) is 4.31. The molecule has 3 aromatic rings. The van der Waals surface area contributed by atoms with Crippen molar-refractivity contribution in [2.24, 2.45) is 0 Å². The first-order chi connectivity index (χ1) is 13.1. The third kappa shape index (κ3) is 4.23. The van der Waals surface area contributed by atoms with Gasteiger partial charge in [0.1, 0.15) is 5.82 Å². The largest absolute Gasteiger partial charge is 0.472 e. The lowest BCUT2D eigenvalue weighted by Crippen LogP contribution is -2.40. The molecule has 0 unspecified atom stereocenters. The molecule has 3 rings (SSSR count). The standard InChI is InChI=1S/C18H11F4NO3S2/c19-13-5-1-12(2-6-13)16-15(9-10-27-16)11-3-7-14(8-4-11)28(25,26)23-17(24)18(20,21)22/h1-10H,(H,23,24). The van der Waals surface area contributed by atoms with Gasteiger partial charge in [0.15, 0.2) is 0 Å². The van der Waals surface area contributed by atoms with Gasteiger partial charge in [0, 0.05) is 10.4 Å². The third-order valence-electron chi connectivity index (χ3n) is 3.73. The highest BCUT2D eigenvalue weighted by atomic mass is 32.2. The zero-order valence-corrected chi connectivity index (χ0v) is 15.5. The molecule has 0 radical (unpaired) electrons. The first-order valence-corrected chi connectivity index (χ1v) is 10.0. The molecule has 0 bridgehead atoms. The first-order valence-electron chi connectivity index (χ1n) is 7.66. The number of hydrogen-bond acceptors (Lipinski definition) is 4. The summed E-state index contributed by atoms with van der Waals surface area (Å²) in [5, 5.41) is 1.81. The molecule has 0 spiro atoms. The van der Waals surface area contributed by atoms with Gasteiger partial charge in [-0.25, -0.2) is 17.5 Å². The smallest absolute Gasteiger partial charge is 0.263 e. The molecule has 0 saturated heterocycles. The van der Waals surface area contributed by atoms with Crippen LogP contribution >= 0.6 is 11.3 Å². The zero-order valence-electron chi connectivity index (χ0n) is 13.8. The van der Waals surface area contributed by atoms with Crippen molar-refractivity contribution in [1.82, 2.24) is 4.72 Å². The SMILES string of the molecule is O=C(NS(=O)(=O)c1ccc(-c2ccsc2-c2ccc(F)cc2)cc1)C(F)(F)F. The lowest BCUT2D eigenvalue weighted by molar-refractivity contribution is -0.171. The maximum absolute atomic E-state index is 13.1. The van der Waals surface area contributed by atoms with E-state index in [1.54, 1.807) is 18.2 Å². The first kappa shape index (κ1) is 20.0. The second-order valence-electron chi connectivity index (χ2n) is 5.63. The molecule has 28 heavy (non-hydrogen) atoms. The Bertz CT molecular complexity index is 1100. The minimum Gasteiger partial charge on any atom is -0.263 e. The Hall–Kier alpha value is -2.72. The van der Waals surface area contributed by atoms with Crippen LogP contribution in [0.3, 0.4) is 0 Å². The molecule has 1 heterocycles. The van der Waals surface area contributed by atoms with Gasteiger partial charge in [0.05, 0.1) is 4.90 Å². The summed E-state index contributed by atoms with van der Waals surface area (Å²) in [4.78, 5) is 11.2. The van der Waals surface area contributed by atoms with Gasteiger partial charge < -0.3 is 0 Å². The fraction of sp³-hybridized carbons (Fsp3) is 0.0556. The Morgan fingerprint density at radius 1 is 0.893 bits per heavy atom. The molecule has 0 atom stereocenters. The summed E-state index contributed by atoms with van der Waals surface area (Å²) < 4.78 is 74.8. The van der Waals surface area contributed by atoms with Gasteiger partial charge >= 0.3 is 12.1 Å². The lowest BCUT2D eigenvalue weighted by atomic mass is 10.0. The van der Waals surface area contributed by atoms with E-state index in [-0.39, 0.29) is 5.82 Å². The number of rotatable bonds is 4. The third-order valence-corrected chi connectivity index (χ3v) is 6.04. The van der Waals surface area contributed by atoms with E-state index in [0.29, 0.717) is 5.56 Å². The Balaban J connectivity index is 1.89. The summed E-state index contributed by atoms with van der Waals surface area (Å²) in [5.74, 6) is -2.94. The molecule has 146 valence electrons. The molecular formula is C18H11F4NO3S2. The van der Waals surface area contributed by atoms with Crippen molar-refractivity contribution in [3.8, 4) is 21.6 Å². The topological polar surface area (TPSA) is 63.2 Å². The van der Waals surface area contributed by atoms with Gasteiger partial charge in [-0.05, 0) is 46.8 Å². The van der Waals surface area contributed by atoms with Gasteiger partial charge in [-0.15, -0.1) is 11.3 Å². The van der Waals surface area contributed by atoms with E-state index >= 15 is 0 Å². The van der Waals surface area contributed by atoms with Crippen LogP contribution < -0.4 is 4.72 Å². The molecule has 4 nitrogen and oxygen atoms in total. The van der Waals surface area contributed by atoms with Crippen LogP contribution in [-0.4, -0.2) is 20.5 Å². The van der Waals surface area contributed by atoms with Crippen LogP contribution in [0.5, 0.6) is 0 Å². The summed E-state index contributed by atoms with van der Waals surface area (Å²) in [5.41, 5.74) is 2.13. The molecule has 0 fully saturated rings. The molecule has 1 amide bonds. The van der Waals surface area contributed by atoms with Crippen molar-refractivity contribution in [3.05, 3.63) is 65.8 Å². The number of amides is 1.